The van der Waals surface area contributed by atoms with Crippen molar-refractivity contribution in [1.82, 2.24) is 0 Å². The molecule has 2 aromatic heterocycles. The summed E-state index contributed by atoms with van der Waals surface area (Å²) in [4.78, 5) is 28.3. The van der Waals surface area contributed by atoms with Gasteiger partial charge in [0.1, 0.15) is 33.8 Å². The molecule has 36 heavy (non-hydrogen) atoms. The maximum atomic E-state index is 14.3. The van der Waals surface area contributed by atoms with E-state index in [1.807, 2.05) is 66.7 Å². The lowest BCUT2D eigenvalue weighted by Crippen LogP contribution is -2.16. The Morgan fingerprint density at radius 2 is 1.08 bits per heavy atom. The zero-order valence-corrected chi connectivity index (χ0v) is 19.4. The third-order valence-corrected chi connectivity index (χ3v) is 6.22. The van der Waals surface area contributed by atoms with Crippen LogP contribution in [0.5, 0.6) is 5.75 Å². The summed E-state index contributed by atoms with van der Waals surface area (Å²) in [6.45, 7) is 0. The predicted octanol–water partition coefficient (Wildman–Crippen LogP) is 6.91. The second kappa shape index (κ2) is 8.71. The predicted molar refractivity (Wildman–Crippen MR) is 141 cm³/mol. The molecule has 0 unspecified atom stereocenters. The third kappa shape index (κ3) is 3.41. The molecule has 174 valence electrons. The zero-order valence-electron chi connectivity index (χ0n) is 19.4. The van der Waals surface area contributed by atoms with Crippen LogP contribution in [0.25, 0.3) is 55.7 Å². The first-order chi connectivity index (χ1) is 17.7. The number of hydrogen-bond donors (Lipinski definition) is 0. The highest BCUT2D eigenvalue weighted by Crippen LogP contribution is 2.38. The molecule has 6 aromatic rings. The topological polar surface area (TPSA) is 69.7 Å². The molecule has 0 radical (unpaired) electrons. The fourth-order valence-electron chi connectivity index (χ4n) is 4.56. The Hall–Kier alpha value is -4.90. The molecular formula is C31H20O5. The van der Waals surface area contributed by atoms with Crippen LogP contribution in [0, 0.1) is 0 Å². The molecule has 0 spiro atoms. The van der Waals surface area contributed by atoms with Crippen LogP contribution in [-0.2, 0) is 0 Å². The molecule has 5 nitrogen and oxygen atoms in total. The van der Waals surface area contributed by atoms with E-state index in [0.29, 0.717) is 44.9 Å². The molecule has 0 atom stereocenters. The number of hydrogen-bond acceptors (Lipinski definition) is 5. The van der Waals surface area contributed by atoms with Gasteiger partial charge in [-0.1, -0.05) is 78.9 Å². The Kier molecular flexibility index (Phi) is 5.23. The highest BCUT2D eigenvalue weighted by atomic mass is 16.5. The SMILES string of the molecule is COc1cccc2oc(-c3ccccc3)c(-c3c(-c4ccccc4)oc4ccccc4c3=O)c(=O)c12. The van der Waals surface area contributed by atoms with Crippen molar-refractivity contribution in [3.8, 4) is 39.5 Å². The summed E-state index contributed by atoms with van der Waals surface area (Å²) in [5.74, 6) is 0.965. The van der Waals surface area contributed by atoms with Gasteiger partial charge in [0.05, 0.1) is 23.6 Å². The Morgan fingerprint density at radius 3 is 1.72 bits per heavy atom. The molecule has 6 rings (SSSR count). The summed E-state index contributed by atoms with van der Waals surface area (Å²) in [6, 6.07) is 30.8. The zero-order chi connectivity index (χ0) is 24.6. The number of fused-ring (bicyclic) bond motifs is 2. The molecule has 0 aliphatic rings. The fraction of sp³-hybridized carbons (Fsp3) is 0.0323. The van der Waals surface area contributed by atoms with Crippen LogP contribution in [0.4, 0.5) is 0 Å². The second-order valence-corrected chi connectivity index (χ2v) is 8.33. The first-order valence-corrected chi connectivity index (χ1v) is 11.5. The van der Waals surface area contributed by atoms with Crippen molar-refractivity contribution in [1.29, 1.82) is 0 Å². The molecule has 5 heteroatoms. The highest BCUT2D eigenvalue weighted by Gasteiger charge is 2.27. The Labute approximate surface area is 205 Å². The molecule has 4 aromatic carbocycles. The van der Waals surface area contributed by atoms with Crippen LogP contribution in [-0.4, -0.2) is 7.11 Å². The lowest BCUT2D eigenvalue weighted by Gasteiger charge is -2.15. The molecule has 0 N–H and O–H groups in total. The molecule has 0 saturated heterocycles. The van der Waals surface area contributed by atoms with Crippen LogP contribution in [0.3, 0.4) is 0 Å². The van der Waals surface area contributed by atoms with E-state index in [1.165, 1.54) is 7.11 Å². The monoisotopic (exact) mass is 472 g/mol. The summed E-state index contributed by atoms with van der Waals surface area (Å²) in [7, 11) is 1.50. The van der Waals surface area contributed by atoms with Gasteiger partial charge in [-0.2, -0.15) is 0 Å². The number of benzene rings is 4. The maximum Gasteiger partial charge on any atom is 0.205 e. The van der Waals surface area contributed by atoms with E-state index >= 15 is 0 Å². The maximum absolute atomic E-state index is 14.3. The summed E-state index contributed by atoms with van der Waals surface area (Å²) in [6.07, 6.45) is 0. The number of para-hydroxylation sites is 1. The molecule has 2 heterocycles. The van der Waals surface area contributed by atoms with Gasteiger partial charge in [0.25, 0.3) is 0 Å². The summed E-state index contributed by atoms with van der Waals surface area (Å²) in [5, 5.41) is 0.645. The average Bonchev–Trinajstić information content (AvgIpc) is 2.94. The summed E-state index contributed by atoms with van der Waals surface area (Å²) in [5.41, 5.74) is 1.76. The molecule has 0 bridgehead atoms. The Bertz CT molecular complexity index is 1850. The van der Waals surface area contributed by atoms with Gasteiger partial charge in [0.2, 0.25) is 10.9 Å². The smallest absolute Gasteiger partial charge is 0.205 e. The molecule has 0 aliphatic heterocycles. The van der Waals surface area contributed by atoms with Crippen LogP contribution in [0.1, 0.15) is 0 Å². The van der Waals surface area contributed by atoms with Crippen LogP contribution >= 0.6 is 0 Å². The molecule has 0 aliphatic carbocycles. The van der Waals surface area contributed by atoms with E-state index in [0.717, 1.165) is 0 Å². The summed E-state index contributed by atoms with van der Waals surface area (Å²) < 4.78 is 18.2. The van der Waals surface area contributed by atoms with E-state index in [-0.39, 0.29) is 27.4 Å². The quantitative estimate of drug-likeness (QED) is 0.279. The van der Waals surface area contributed by atoms with Gasteiger partial charge in [-0.05, 0) is 24.3 Å². The van der Waals surface area contributed by atoms with Crippen molar-refractivity contribution in [3.05, 3.63) is 124 Å². The average molecular weight is 472 g/mol. The Morgan fingerprint density at radius 1 is 0.556 bits per heavy atom. The second-order valence-electron chi connectivity index (χ2n) is 8.33. The normalized spacial score (nSPS) is 11.1. The number of methoxy groups -OCH3 is 1. The third-order valence-electron chi connectivity index (χ3n) is 6.22. The van der Waals surface area contributed by atoms with Crippen LogP contribution in [0.15, 0.2) is 122 Å². The minimum absolute atomic E-state index is 0.136. The molecular weight excluding hydrogens is 452 g/mol. The lowest BCUT2D eigenvalue weighted by molar-refractivity contribution is 0.419. The van der Waals surface area contributed by atoms with Crippen molar-refractivity contribution in [2.24, 2.45) is 0 Å². The fourth-order valence-corrected chi connectivity index (χ4v) is 4.56. The van der Waals surface area contributed by atoms with Crippen LogP contribution in [0.2, 0.25) is 0 Å². The van der Waals surface area contributed by atoms with Crippen molar-refractivity contribution < 1.29 is 13.6 Å². The largest absolute Gasteiger partial charge is 0.496 e. The Balaban J connectivity index is 1.85. The lowest BCUT2D eigenvalue weighted by atomic mass is 9.94. The van der Waals surface area contributed by atoms with Gasteiger partial charge in [-0.3, -0.25) is 9.59 Å². The van der Waals surface area contributed by atoms with E-state index in [1.54, 1.807) is 36.4 Å². The first kappa shape index (κ1) is 21.6. The van der Waals surface area contributed by atoms with Gasteiger partial charge < -0.3 is 13.6 Å². The molecule has 0 saturated carbocycles. The van der Waals surface area contributed by atoms with Crippen molar-refractivity contribution in [3.63, 3.8) is 0 Å². The van der Waals surface area contributed by atoms with Gasteiger partial charge >= 0.3 is 0 Å². The number of rotatable bonds is 4. The van der Waals surface area contributed by atoms with Crippen molar-refractivity contribution in [2.45, 2.75) is 0 Å². The van der Waals surface area contributed by atoms with Crippen molar-refractivity contribution in [2.75, 3.05) is 7.11 Å². The molecule has 0 amide bonds. The minimum Gasteiger partial charge on any atom is -0.496 e. The highest BCUT2D eigenvalue weighted by molar-refractivity contribution is 5.97. The van der Waals surface area contributed by atoms with Gasteiger partial charge in [0, 0.05) is 11.1 Å². The number of ether oxygens (including phenoxy) is 1. The minimum atomic E-state index is -0.368. The van der Waals surface area contributed by atoms with Crippen molar-refractivity contribution >= 4 is 21.9 Å². The first-order valence-electron chi connectivity index (χ1n) is 11.5. The molecule has 0 fully saturated rings. The van der Waals surface area contributed by atoms with E-state index in [2.05, 4.69) is 0 Å². The summed E-state index contributed by atoms with van der Waals surface area (Å²) >= 11 is 0. The van der Waals surface area contributed by atoms with E-state index < -0.39 is 0 Å². The van der Waals surface area contributed by atoms with Crippen LogP contribution < -0.4 is 15.6 Å². The van der Waals surface area contributed by atoms with Gasteiger partial charge in [-0.15, -0.1) is 0 Å². The standard InChI is InChI=1S/C31H20O5/c1-34-23-17-10-18-24-25(23)29(33)27(31(36-24)20-13-6-3-7-14-20)26-28(32)21-15-8-9-16-22(21)35-30(26)19-11-4-2-5-12-19/h2-18H,1H3. The van der Waals surface area contributed by atoms with Gasteiger partial charge in [-0.25, -0.2) is 0 Å². The van der Waals surface area contributed by atoms with E-state index in [9.17, 15) is 9.59 Å². The van der Waals surface area contributed by atoms with Gasteiger partial charge in [0.15, 0.2) is 0 Å². The van der Waals surface area contributed by atoms with E-state index in [4.69, 9.17) is 13.6 Å².